The van der Waals surface area contributed by atoms with Crippen LogP contribution in [0.25, 0.3) is 0 Å². The standard InChI is InChI=1S/C21H30BrN3O3/c22-17-5-3-16(4-6-17)21-18-13-24(7-1-2-8-25(18)19(21)15-26)20(27)14-23-9-11-28-12-10-23/h3-6,18-19,21,26H,1-2,7-15H2/t18-,19+,21+/m1/s1. The molecule has 1 aromatic rings. The van der Waals surface area contributed by atoms with Gasteiger partial charge >= 0.3 is 0 Å². The predicted molar refractivity (Wildman–Crippen MR) is 111 cm³/mol. The summed E-state index contributed by atoms with van der Waals surface area (Å²) in [6.07, 6.45) is 2.10. The Morgan fingerprint density at radius 2 is 1.82 bits per heavy atom. The molecule has 1 N–H and O–H groups in total. The molecule has 154 valence electrons. The largest absolute Gasteiger partial charge is 0.395 e. The third-order valence-electron chi connectivity index (χ3n) is 6.44. The van der Waals surface area contributed by atoms with Gasteiger partial charge in [0.25, 0.3) is 0 Å². The Morgan fingerprint density at radius 1 is 1.11 bits per heavy atom. The lowest BCUT2D eigenvalue weighted by Gasteiger charge is -2.57. The first kappa shape index (κ1) is 20.3. The minimum absolute atomic E-state index is 0.153. The van der Waals surface area contributed by atoms with Gasteiger partial charge in [-0.1, -0.05) is 28.1 Å². The number of benzene rings is 1. The summed E-state index contributed by atoms with van der Waals surface area (Å²) in [6, 6.07) is 8.86. The Bertz CT molecular complexity index is 665. The second-order valence-corrected chi connectivity index (χ2v) is 8.98. The summed E-state index contributed by atoms with van der Waals surface area (Å²) in [5.41, 5.74) is 1.25. The van der Waals surface area contributed by atoms with Crippen molar-refractivity contribution in [3.63, 3.8) is 0 Å². The van der Waals surface area contributed by atoms with Crippen molar-refractivity contribution in [2.24, 2.45) is 0 Å². The first-order valence-corrected chi connectivity index (χ1v) is 11.2. The summed E-state index contributed by atoms with van der Waals surface area (Å²) < 4.78 is 6.46. The lowest BCUT2D eigenvalue weighted by molar-refractivity contribution is -0.138. The second kappa shape index (κ2) is 9.22. The van der Waals surface area contributed by atoms with Gasteiger partial charge in [-0.05, 0) is 37.1 Å². The van der Waals surface area contributed by atoms with Gasteiger partial charge in [0.05, 0.1) is 26.4 Å². The fraction of sp³-hybridized carbons (Fsp3) is 0.667. The third-order valence-corrected chi connectivity index (χ3v) is 6.97. The van der Waals surface area contributed by atoms with E-state index in [2.05, 4.69) is 54.9 Å². The summed E-state index contributed by atoms with van der Waals surface area (Å²) in [6.45, 7) is 6.36. The van der Waals surface area contributed by atoms with E-state index in [1.807, 2.05) is 0 Å². The van der Waals surface area contributed by atoms with Crippen LogP contribution >= 0.6 is 15.9 Å². The van der Waals surface area contributed by atoms with Crippen LogP contribution in [0.15, 0.2) is 28.7 Å². The molecule has 1 amide bonds. The molecule has 3 aliphatic heterocycles. The monoisotopic (exact) mass is 451 g/mol. The number of carbonyl (C=O) groups excluding carboxylic acids is 1. The first-order chi connectivity index (χ1) is 13.7. The van der Waals surface area contributed by atoms with Crippen LogP contribution in [0.4, 0.5) is 0 Å². The molecule has 3 heterocycles. The number of hydrogen-bond donors (Lipinski definition) is 1. The smallest absolute Gasteiger partial charge is 0.236 e. The van der Waals surface area contributed by atoms with E-state index >= 15 is 0 Å². The van der Waals surface area contributed by atoms with Gasteiger partial charge in [0.2, 0.25) is 5.91 Å². The van der Waals surface area contributed by atoms with Gasteiger partial charge in [-0.25, -0.2) is 0 Å². The lowest BCUT2D eigenvalue weighted by atomic mass is 9.74. The molecule has 3 fully saturated rings. The van der Waals surface area contributed by atoms with Gasteiger partial charge in [-0.2, -0.15) is 0 Å². The number of nitrogens with zero attached hydrogens (tertiary/aromatic N) is 3. The zero-order valence-corrected chi connectivity index (χ0v) is 17.9. The molecule has 0 unspecified atom stereocenters. The minimum Gasteiger partial charge on any atom is -0.395 e. The van der Waals surface area contributed by atoms with Crippen LogP contribution in [0.5, 0.6) is 0 Å². The fourth-order valence-corrected chi connectivity index (χ4v) is 5.17. The van der Waals surface area contributed by atoms with Gasteiger partial charge in [-0.15, -0.1) is 0 Å². The number of amides is 1. The van der Waals surface area contributed by atoms with Crippen molar-refractivity contribution in [1.29, 1.82) is 0 Å². The molecule has 3 aliphatic rings. The maximum atomic E-state index is 13.0. The number of aliphatic hydroxyl groups is 1. The average molecular weight is 452 g/mol. The van der Waals surface area contributed by atoms with E-state index in [0.717, 1.165) is 50.0 Å². The van der Waals surface area contributed by atoms with Crippen molar-refractivity contribution in [3.8, 4) is 0 Å². The molecule has 0 spiro atoms. The quantitative estimate of drug-likeness (QED) is 0.751. The van der Waals surface area contributed by atoms with Crippen LogP contribution in [0.2, 0.25) is 0 Å². The summed E-state index contributed by atoms with van der Waals surface area (Å²) in [5, 5.41) is 10.0. The zero-order valence-electron chi connectivity index (χ0n) is 16.3. The maximum absolute atomic E-state index is 13.0. The lowest BCUT2D eigenvalue weighted by Crippen LogP contribution is -2.68. The highest BCUT2D eigenvalue weighted by atomic mass is 79.9. The van der Waals surface area contributed by atoms with Crippen LogP contribution in [0.3, 0.4) is 0 Å². The summed E-state index contributed by atoms with van der Waals surface area (Å²) in [7, 11) is 0. The van der Waals surface area contributed by atoms with Gasteiger partial charge in [0, 0.05) is 48.7 Å². The van der Waals surface area contributed by atoms with Gasteiger partial charge in [-0.3, -0.25) is 14.6 Å². The second-order valence-electron chi connectivity index (χ2n) is 8.07. The van der Waals surface area contributed by atoms with Gasteiger partial charge in [0.1, 0.15) is 0 Å². The van der Waals surface area contributed by atoms with Crippen LogP contribution in [-0.4, -0.2) is 96.9 Å². The number of fused-ring (bicyclic) bond motifs is 1. The van der Waals surface area contributed by atoms with E-state index < -0.39 is 0 Å². The normalized spacial score (nSPS) is 29.5. The van der Waals surface area contributed by atoms with Crippen LogP contribution < -0.4 is 0 Å². The Hall–Kier alpha value is -0.990. The van der Waals surface area contributed by atoms with Crippen molar-refractivity contribution >= 4 is 21.8 Å². The molecule has 28 heavy (non-hydrogen) atoms. The van der Waals surface area contributed by atoms with Crippen LogP contribution in [0, 0.1) is 0 Å². The molecule has 0 bridgehead atoms. The Morgan fingerprint density at radius 3 is 2.54 bits per heavy atom. The molecule has 0 aromatic heterocycles. The SMILES string of the molecule is O=C(CN1CCOCC1)N1CCCCN2[C@H](C1)[C@H](c1ccc(Br)cc1)[C@@H]2CO. The first-order valence-electron chi connectivity index (χ1n) is 10.4. The maximum Gasteiger partial charge on any atom is 0.236 e. The number of carbonyl (C=O) groups is 1. The average Bonchev–Trinajstić information content (AvgIpc) is 2.69. The molecule has 3 atom stereocenters. The van der Waals surface area contributed by atoms with E-state index in [0.29, 0.717) is 19.8 Å². The van der Waals surface area contributed by atoms with Gasteiger partial charge < -0.3 is 14.7 Å². The number of halogens is 1. The highest BCUT2D eigenvalue weighted by Gasteiger charge is 2.49. The van der Waals surface area contributed by atoms with Crippen molar-refractivity contribution in [2.45, 2.75) is 30.8 Å². The molecule has 1 aromatic carbocycles. The Balaban J connectivity index is 1.47. The summed E-state index contributed by atoms with van der Waals surface area (Å²) in [4.78, 5) is 19.7. The molecule has 7 heteroatoms. The molecular weight excluding hydrogens is 422 g/mol. The van der Waals surface area contributed by atoms with E-state index in [-0.39, 0.29) is 30.5 Å². The number of morpholine rings is 1. The van der Waals surface area contributed by atoms with Crippen LogP contribution in [0.1, 0.15) is 24.3 Å². The molecule has 0 saturated carbocycles. The number of aliphatic hydroxyl groups excluding tert-OH is 1. The molecule has 0 aliphatic carbocycles. The molecule has 3 saturated heterocycles. The van der Waals surface area contributed by atoms with Crippen molar-refractivity contribution in [2.75, 3.05) is 59.1 Å². The summed E-state index contributed by atoms with van der Waals surface area (Å²) in [5.74, 6) is 0.501. The number of rotatable bonds is 4. The van der Waals surface area contributed by atoms with E-state index in [1.54, 1.807) is 0 Å². The predicted octanol–water partition coefficient (Wildman–Crippen LogP) is 1.53. The minimum atomic E-state index is 0.153. The third kappa shape index (κ3) is 4.28. The molecule has 4 rings (SSSR count). The highest BCUT2D eigenvalue weighted by Crippen LogP contribution is 2.42. The van der Waals surface area contributed by atoms with E-state index in [9.17, 15) is 9.90 Å². The van der Waals surface area contributed by atoms with E-state index in [1.165, 1.54) is 5.56 Å². The van der Waals surface area contributed by atoms with Crippen molar-refractivity contribution in [3.05, 3.63) is 34.3 Å². The molecule has 6 nitrogen and oxygen atoms in total. The topological polar surface area (TPSA) is 56.2 Å². The Kier molecular flexibility index (Phi) is 6.68. The van der Waals surface area contributed by atoms with Crippen LogP contribution in [-0.2, 0) is 9.53 Å². The van der Waals surface area contributed by atoms with E-state index in [4.69, 9.17) is 4.74 Å². The van der Waals surface area contributed by atoms with Gasteiger partial charge in [0.15, 0.2) is 0 Å². The summed E-state index contributed by atoms with van der Waals surface area (Å²) >= 11 is 3.51. The molecule has 0 radical (unpaired) electrons. The number of ether oxygens (including phenoxy) is 1. The molecular formula is C21H30BrN3O3. The fourth-order valence-electron chi connectivity index (χ4n) is 4.90. The zero-order chi connectivity index (χ0) is 19.5. The number of hydrogen-bond acceptors (Lipinski definition) is 5. The Labute approximate surface area is 175 Å². The highest BCUT2D eigenvalue weighted by molar-refractivity contribution is 9.10. The van der Waals surface area contributed by atoms with Crippen molar-refractivity contribution < 1.29 is 14.6 Å². The van der Waals surface area contributed by atoms with Crippen molar-refractivity contribution in [1.82, 2.24) is 14.7 Å².